The van der Waals surface area contributed by atoms with Gasteiger partial charge in [0.25, 0.3) is 0 Å². The molecule has 1 aromatic heterocycles. The summed E-state index contributed by atoms with van der Waals surface area (Å²) >= 11 is 0. The maximum absolute atomic E-state index is 3.56. The molecule has 1 saturated carbocycles. The van der Waals surface area contributed by atoms with Crippen LogP contribution < -0.4 is 5.32 Å². The van der Waals surface area contributed by atoms with Crippen LogP contribution in [0.2, 0.25) is 0 Å². The predicted molar refractivity (Wildman–Crippen MR) is 67.8 cm³/mol. The summed E-state index contributed by atoms with van der Waals surface area (Å²) in [5.74, 6) is 0. The lowest BCUT2D eigenvalue weighted by Gasteiger charge is -2.01. The number of aryl methyl sites for hydroxylation is 1. The zero-order valence-corrected chi connectivity index (χ0v) is 9.72. The fourth-order valence-corrected chi connectivity index (χ4v) is 2.21. The van der Waals surface area contributed by atoms with Gasteiger partial charge in [0, 0.05) is 23.1 Å². The zero-order valence-electron chi connectivity index (χ0n) is 9.72. The van der Waals surface area contributed by atoms with Crippen LogP contribution in [0.25, 0.3) is 10.9 Å². The maximum atomic E-state index is 3.56. The largest absolute Gasteiger partial charge is 0.361 e. The molecule has 1 aromatic carbocycles. The van der Waals surface area contributed by atoms with Gasteiger partial charge < -0.3 is 10.3 Å². The first-order valence-electron chi connectivity index (χ1n) is 6.13. The summed E-state index contributed by atoms with van der Waals surface area (Å²) in [6.07, 6.45) is 6.01. The van der Waals surface area contributed by atoms with Crippen molar-refractivity contribution in [3.05, 3.63) is 35.5 Å². The number of aromatic amines is 1. The van der Waals surface area contributed by atoms with E-state index in [1.165, 1.54) is 34.9 Å². The van der Waals surface area contributed by atoms with E-state index in [4.69, 9.17) is 0 Å². The molecular weight excluding hydrogens is 196 g/mol. The Hall–Kier alpha value is -1.28. The lowest BCUT2D eigenvalue weighted by molar-refractivity contribution is 0.683. The minimum Gasteiger partial charge on any atom is -0.361 e. The van der Waals surface area contributed by atoms with Gasteiger partial charge in [0.2, 0.25) is 0 Å². The summed E-state index contributed by atoms with van der Waals surface area (Å²) in [5.41, 5.74) is 4.02. The number of hydrogen-bond acceptors (Lipinski definition) is 1. The predicted octanol–water partition coefficient (Wildman–Crippen LogP) is 2.77. The third-order valence-electron chi connectivity index (χ3n) is 3.33. The molecular formula is C14H18N2. The van der Waals surface area contributed by atoms with Crippen LogP contribution in [0.4, 0.5) is 0 Å². The molecule has 0 spiro atoms. The van der Waals surface area contributed by atoms with Crippen LogP contribution >= 0.6 is 0 Å². The monoisotopic (exact) mass is 214 g/mol. The van der Waals surface area contributed by atoms with Crippen molar-refractivity contribution in [1.82, 2.24) is 10.3 Å². The SMILES string of the molecule is Cc1ccc2c(CCNC3CC3)c[nH]c2c1. The second kappa shape index (κ2) is 3.95. The Morgan fingerprint density at radius 2 is 2.25 bits per heavy atom. The Morgan fingerprint density at radius 3 is 3.06 bits per heavy atom. The molecule has 3 rings (SSSR count). The quantitative estimate of drug-likeness (QED) is 0.804. The van der Waals surface area contributed by atoms with Crippen molar-refractivity contribution < 1.29 is 0 Å². The first-order valence-corrected chi connectivity index (χ1v) is 6.13. The van der Waals surface area contributed by atoms with E-state index in [0.29, 0.717) is 0 Å². The van der Waals surface area contributed by atoms with Crippen LogP contribution in [0.3, 0.4) is 0 Å². The van der Waals surface area contributed by atoms with Crippen LogP contribution in [-0.2, 0) is 6.42 Å². The molecule has 1 fully saturated rings. The van der Waals surface area contributed by atoms with E-state index < -0.39 is 0 Å². The topological polar surface area (TPSA) is 27.8 Å². The highest BCUT2D eigenvalue weighted by molar-refractivity contribution is 5.83. The summed E-state index contributed by atoms with van der Waals surface area (Å²) in [4.78, 5) is 3.35. The van der Waals surface area contributed by atoms with Crippen molar-refractivity contribution in [3.63, 3.8) is 0 Å². The minimum atomic E-state index is 0.812. The van der Waals surface area contributed by atoms with E-state index in [-0.39, 0.29) is 0 Å². The molecule has 0 saturated heterocycles. The van der Waals surface area contributed by atoms with E-state index >= 15 is 0 Å². The highest BCUT2D eigenvalue weighted by Crippen LogP contribution is 2.21. The van der Waals surface area contributed by atoms with Gasteiger partial charge in [-0.3, -0.25) is 0 Å². The van der Waals surface area contributed by atoms with Gasteiger partial charge >= 0.3 is 0 Å². The molecule has 0 aliphatic heterocycles. The molecule has 0 bridgehead atoms. The normalized spacial score (nSPS) is 15.8. The smallest absolute Gasteiger partial charge is 0.0459 e. The first-order chi connectivity index (χ1) is 7.83. The van der Waals surface area contributed by atoms with Gasteiger partial charge in [-0.1, -0.05) is 12.1 Å². The van der Waals surface area contributed by atoms with Gasteiger partial charge in [-0.2, -0.15) is 0 Å². The van der Waals surface area contributed by atoms with E-state index in [9.17, 15) is 0 Å². The Kier molecular flexibility index (Phi) is 2.44. The second-order valence-electron chi connectivity index (χ2n) is 4.84. The molecule has 2 N–H and O–H groups in total. The number of nitrogens with one attached hydrogen (secondary N) is 2. The second-order valence-corrected chi connectivity index (χ2v) is 4.84. The highest BCUT2D eigenvalue weighted by Gasteiger charge is 2.19. The summed E-state index contributed by atoms with van der Waals surface area (Å²) in [5, 5.41) is 4.94. The fourth-order valence-electron chi connectivity index (χ4n) is 2.21. The summed E-state index contributed by atoms with van der Waals surface area (Å²) in [6.45, 7) is 3.24. The molecule has 2 nitrogen and oxygen atoms in total. The Balaban J connectivity index is 1.75. The summed E-state index contributed by atoms with van der Waals surface area (Å²) in [7, 11) is 0. The third-order valence-corrected chi connectivity index (χ3v) is 3.33. The van der Waals surface area contributed by atoms with Crippen molar-refractivity contribution in [2.24, 2.45) is 0 Å². The molecule has 0 atom stereocenters. The fraction of sp³-hybridized carbons (Fsp3) is 0.429. The van der Waals surface area contributed by atoms with Crippen LogP contribution in [0, 0.1) is 6.92 Å². The Labute approximate surface area is 96.1 Å². The molecule has 1 heterocycles. The van der Waals surface area contributed by atoms with E-state index in [2.05, 4.69) is 41.6 Å². The molecule has 16 heavy (non-hydrogen) atoms. The van der Waals surface area contributed by atoms with Crippen LogP contribution in [-0.4, -0.2) is 17.6 Å². The van der Waals surface area contributed by atoms with Crippen molar-refractivity contribution in [1.29, 1.82) is 0 Å². The average molecular weight is 214 g/mol. The molecule has 0 amide bonds. The van der Waals surface area contributed by atoms with Crippen LogP contribution in [0.5, 0.6) is 0 Å². The minimum absolute atomic E-state index is 0.812. The van der Waals surface area contributed by atoms with Gasteiger partial charge in [-0.05, 0) is 49.9 Å². The highest BCUT2D eigenvalue weighted by atomic mass is 14.9. The van der Waals surface area contributed by atoms with Crippen LogP contribution in [0.15, 0.2) is 24.4 Å². The van der Waals surface area contributed by atoms with E-state index in [0.717, 1.165) is 19.0 Å². The first kappa shape index (κ1) is 9.91. The standard InChI is InChI=1S/C14H18N2/c1-10-2-5-13-11(9-16-14(13)8-10)6-7-15-12-3-4-12/h2,5,8-9,12,15-16H,3-4,6-7H2,1H3. The molecule has 2 aromatic rings. The Morgan fingerprint density at radius 1 is 1.38 bits per heavy atom. The van der Waals surface area contributed by atoms with Gasteiger partial charge in [0.1, 0.15) is 0 Å². The lowest BCUT2D eigenvalue weighted by Crippen LogP contribution is -2.19. The van der Waals surface area contributed by atoms with E-state index in [1.807, 2.05) is 0 Å². The zero-order chi connectivity index (χ0) is 11.0. The number of hydrogen-bond donors (Lipinski definition) is 2. The number of benzene rings is 1. The molecule has 84 valence electrons. The van der Waals surface area contributed by atoms with Gasteiger partial charge in [-0.25, -0.2) is 0 Å². The van der Waals surface area contributed by atoms with Crippen molar-refractivity contribution >= 4 is 10.9 Å². The van der Waals surface area contributed by atoms with Crippen LogP contribution in [0.1, 0.15) is 24.0 Å². The number of rotatable bonds is 4. The molecule has 0 unspecified atom stereocenters. The maximum Gasteiger partial charge on any atom is 0.0459 e. The molecule has 0 radical (unpaired) electrons. The summed E-state index contributed by atoms with van der Waals surface area (Å²) < 4.78 is 0. The van der Waals surface area contributed by atoms with Crippen molar-refractivity contribution in [2.45, 2.75) is 32.2 Å². The number of fused-ring (bicyclic) bond motifs is 1. The molecule has 1 aliphatic rings. The van der Waals surface area contributed by atoms with E-state index in [1.54, 1.807) is 0 Å². The number of aromatic nitrogens is 1. The number of H-pyrrole nitrogens is 1. The van der Waals surface area contributed by atoms with Crippen molar-refractivity contribution in [3.8, 4) is 0 Å². The van der Waals surface area contributed by atoms with Crippen molar-refractivity contribution in [2.75, 3.05) is 6.54 Å². The third kappa shape index (κ3) is 1.98. The van der Waals surface area contributed by atoms with Gasteiger partial charge in [0.05, 0.1) is 0 Å². The summed E-state index contributed by atoms with van der Waals surface area (Å²) in [6, 6.07) is 7.45. The van der Waals surface area contributed by atoms with Gasteiger partial charge in [0.15, 0.2) is 0 Å². The average Bonchev–Trinajstić information content (AvgIpc) is 3.00. The molecule has 2 heteroatoms. The molecule has 1 aliphatic carbocycles. The Bertz CT molecular complexity index is 494. The van der Waals surface area contributed by atoms with Gasteiger partial charge in [-0.15, -0.1) is 0 Å². The lowest BCUT2D eigenvalue weighted by atomic mass is 10.1.